The molecule has 0 saturated carbocycles. The van der Waals surface area contributed by atoms with Gasteiger partial charge in [-0.05, 0) is 26.8 Å². The molecule has 1 aliphatic rings. The number of hydrogen-bond acceptors (Lipinski definition) is 6. The number of pyridine rings is 1. The first-order valence-corrected chi connectivity index (χ1v) is 6.67. The van der Waals surface area contributed by atoms with E-state index in [1.54, 1.807) is 0 Å². The topological polar surface area (TPSA) is 80.5 Å². The maximum absolute atomic E-state index is 11.1. The van der Waals surface area contributed by atoms with Crippen molar-refractivity contribution in [1.29, 1.82) is 0 Å². The first kappa shape index (κ1) is 14.5. The Morgan fingerprint density at radius 3 is 2.90 bits per heavy atom. The number of aromatic nitrogens is 1. The summed E-state index contributed by atoms with van der Waals surface area (Å²) in [4.78, 5) is 17.1. The van der Waals surface area contributed by atoms with Crippen molar-refractivity contribution in [1.82, 2.24) is 9.88 Å². The zero-order valence-electron chi connectivity index (χ0n) is 12.0. The van der Waals surface area contributed by atoms with E-state index in [2.05, 4.69) is 29.2 Å². The minimum atomic E-state index is -0.423. The number of ether oxygens (including phenoxy) is 1. The van der Waals surface area contributed by atoms with Crippen LogP contribution in [0.4, 0.5) is 11.5 Å². The number of likely N-dealkylation sites (tertiary alicyclic amines) is 1. The lowest BCUT2D eigenvalue weighted by atomic mass is 9.99. The zero-order chi connectivity index (χ0) is 14.7. The third-order valence-electron chi connectivity index (χ3n) is 3.80. The molecule has 1 aromatic rings. The van der Waals surface area contributed by atoms with Crippen LogP contribution in [0.5, 0.6) is 5.88 Å². The van der Waals surface area contributed by atoms with Crippen LogP contribution >= 0.6 is 0 Å². The summed E-state index contributed by atoms with van der Waals surface area (Å²) >= 11 is 0. The van der Waals surface area contributed by atoms with Crippen molar-refractivity contribution in [3.05, 3.63) is 22.2 Å². The molecule has 7 heteroatoms. The van der Waals surface area contributed by atoms with Crippen LogP contribution in [-0.2, 0) is 0 Å². The Balaban J connectivity index is 2.17. The molecule has 2 atom stereocenters. The summed E-state index contributed by atoms with van der Waals surface area (Å²) in [6, 6.07) is 3.57. The third-order valence-corrected chi connectivity index (χ3v) is 3.80. The molecule has 0 aromatic carbocycles. The fourth-order valence-corrected chi connectivity index (χ4v) is 2.41. The van der Waals surface area contributed by atoms with Gasteiger partial charge < -0.3 is 15.0 Å². The number of piperidine rings is 1. The molecular formula is C13H20N4O3. The van der Waals surface area contributed by atoms with Crippen molar-refractivity contribution in [2.24, 2.45) is 0 Å². The van der Waals surface area contributed by atoms with Crippen LogP contribution < -0.4 is 10.1 Å². The molecule has 2 heterocycles. The summed E-state index contributed by atoms with van der Waals surface area (Å²) in [6.07, 6.45) is 1.88. The highest BCUT2D eigenvalue weighted by Crippen LogP contribution is 2.27. The Labute approximate surface area is 118 Å². The smallest absolute Gasteiger partial charge is 0.311 e. The average Bonchev–Trinajstić information content (AvgIpc) is 2.42. The van der Waals surface area contributed by atoms with Gasteiger partial charge in [-0.1, -0.05) is 0 Å². The van der Waals surface area contributed by atoms with Gasteiger partial charge in [-0.2, -0.15) is 4.98 Å². The molecule has 20 heavy (non-hydrogen) atoms. The van der Waals surface area contributed by atoms with E-state index in [0.717, 1.165) is 19.4 Å². The molecular weight excluding hydrogens is 260 g/mol. The van der Waals surface area contributed by atoms with Gasteiger partial charge in [-0.15, -0.1) is 0 Å². The van der Waals surface area contributed by atoms with E-state index in [-0.39, 0.29) is 17.5 Å². The Hall–Kier alpha value is -1.89. The average molecular weight is 280 g/mol. The highest BCUT2D eigenvalue weighted by molar-refractivity contribution is 5.57. The molecule has 2 unspecified atom stereocenters. The van der Waals surface area contributed by atoms with Crippen LogP contribution in [0, 0.1) is 10.1 Å². The lowest BCUT2D eigenvalue weighted by Gasteiger charge is -2.35. The summed E-state index contributed by atoms with van der Waals surface area (Å²) in [5, 5.41) is 14.3. The molecule has 110 valence electrons. The fourth-order valence-electron chi connectivity index (χ4n) is 2.41. The van der Waals surface area contributed by atoms with Gasteiger partial charge >= 0.3 is 5.69 Å². The Kier molecular flexibility index (Phi) is 4.39. The Bertz CT molecular complexity index is 495. The minimum absolute atomic E-state index is 0.0163. The zero-order valence-corrected chi connectivity index (χ0v) is 12.0. The van der Waals surface area contributed by atoms with E-state index >= 15 is 0 Å². The number of anilines is 1. The van der Waals surface area contributed by atoms with Gasteiger partial charge in [0.1, 0.15) is 0 Å². The van der Waals surface area contributed by atoms with Crippen molar-refractivity contribution in [2.45, 2.75) is 31.8 Å². The fraction of sp³-hybridized carbons (Fsp3) is 0.615. The monoisotopic (exact) mass is 280 g/mol. The number of rotatable bonds is 4. The van der Waals surface area contributed by atoms with Crippen molar-refractivity contribution in [2.75, 3.05) is 26.0 Å². The van der Waals surface area contributed by atoms with Gasteiger partial charge in [0.15, 0.2) is 0 Å². The maximum Gasteiger partial charge on any atom is 0.311 e. The standard InChI is InChI=1S/C13H20N4O3/c1-9-8-10(6-7-16(9)2)14-13-11(17(18)19)4-5-12(15-13)20-3/h4-5,9-10H,6-8H2,1-3H3,(H,14,15). The summed E-state index contributed by atoms with van der Waals surface area (Å²) in [5.41, 5.74) is -0.0163. The Morgan fingerprint density at radius 1 is 1.55 bits per heavy atom. The quantitative estimate of drug-likeness (QED) is 0.670. The van der Waals surface area contributed by atoms with E-state index in [1.165, 1.54) is 19.2 Å². The van der Waals surface area contributed by atoms with E-state index < -0.39 is 4.92 Å². The van der Waals surface area contributed by atoms with Gasteiger partial charge in [0.2, 0.25) is 11.7 Å². The highest BCUT2D eigenvalue weighted by atomic mass is 16.6. The van der Waals surface area contributed by atoms with E-state index in [0.29, 0.717) is 11.9 Å². The molecule has 2 rings (SSSR count). The van der Waals surface area contributed by atoms with E-state index in [1.807, 2.05) is 0 Å². The van der Waals surface area contributed by atoms with Crippen LogP contribution in [0.15, 0.2) is 12.1 Å². The summed E-state index contributed by atoms with van der Waals surface area (Å²) in [6.45, 7) is 3.12. The van der Waals surface area contributed by atoms with Gasteiger partial charge in [0.05, 0.1) is 12.0 Å². The van der Waals surface area contributed by atoms with Crippen molar-refractivity contribution >= 4 is 11.5 Å². The lowest BCUT2D eigenvalue weighted by Crippen LogP contribution is -2.42. The first-order chi connectivity index (χ1) is 9.51. The number of methoxy groups -OCH3 is 1. The molecule has 0 bridgehead atoms. The Morgan fingerprint density at radius 2 is 2.30 bits per heavy atom. The molecule has 1 N–H and O–H groups in total. The molecule has 0 amide bonds. The molecule has 0 radical (unpaired) electrons. The SMILES string of the molecule is COc1ccc([N+](=O)[O-])c(NC2CCN(C)C(C)C2)n1. The van der Waals surface area contributed by atoms with Crippen molar-refractivity contribution < 1.29 is 9.66 Å². The van der Waals surface area contributed by atoms with Crippen molar-refractivity contribution in [3.8, 4) is 5.88 Å². The summed E-state index contributed by atoms with van der Waals surface area (Å²) < 4.78 is 5.03. The number of nitrogens with one attached hydrogen (secondary N) is 1. The second-order valence-corrected chi connectivity index (χ2v) is 5.17. The van der Waals surface area contributed by atoms with Gasteiger partial charge in [-0.25, -0.2) is 0 Å². The second kappa shape index (κ2) is 6.04. The van der Waals surface area contributed by atoms with Gasteiger partial charge in [0.25, 0.3) is 0 Å². The summed E-state index contributed by atoms with van der Waals surface area (Å²) in [5.74, 6) is 0.662. The van der Waals surface area contributed by atoms with Crippen LogP contribution in [0.3, 0.4) is 0 Å². The molecule has 0 aliphatic carbocycles. The first-order valence-electron chi connectivity index (χ1n) is 6.67. The molecule has 0 spiro atoms. The number of hydrogen-bond donors (Lipinski definition) is 1. The van der Waals surface area contributed by atoms with Crippen LogP contribution in [0.25, 0.3) is 0 Å². The van der Waals surface area contributed by atoms with Crippen molar-refractivity contribution in [3.63, 3.8) is 0 Å². The van der Waals surface area contributed by atoms with Crippen LogP contribution in [0.1, 0.15) is 19.8 Å². The molecule has 1 fully saturated rings. The third kappa shape index (κ3) is 3.16. The van der Waals surface area contributed by atoms with Crippen LogP contribution in [-0.4, -0.2) is 47.6 Å². The number of nitro groups is 1. The molecule has 1 aliphatic heterocycles. The predicted molar refractivity (Wildman–Crippen MR) is 76.2 cm³/mol. The van der Waals surface area contributed by atoms with Crippen LogP contribution in [0.2, 0.25) is 0 Å². The lowest BCUT2D eigenvalue weighted by molar-refractivity contribution is -0.384. The van der Waals surface area contributed by atoms with E-state index in [4.69, 9.17) is 4.74 Å². The van der Waals surface area contributed by atoms with E-state index in [9.17, 15) is 10.1 Å². The van der Waals surface area contributed by atoms with Gasteiger partial charge in [-0.3, -0.25) is 10.1 Å². The predicted octanol–water partition coefficient (Wildman–Crippen LogP) is 1.89. The molecule has 1 aromatic heterocycles. The largest absolute Gasteiger partial charge is 0.481 e. The second-order valence-electron chi connectivity index (χ2n) is 5.17. The molecule has 7 nitrogen and oxygen atoms in total. The van der Waals surface area contributed by atoms with Gasteiger partial charge in [0, 0.05) is 30.8 Å². The normalized spacial score (nSPS) is 23.4. The molecule has 1 saturated heterocycles. The maximum atomic E-state index is 11.1. The number of nitrogens with zero attached hydrogens (tertiary/aromatic N) is 3. The minimum Gasteiger partial charge on any atom is -0.481 e. The highest BCUT2D eigenvalue weighted by Gasteiger charge is 2.25. The summed E-state index contributed by atoms with van der Waals surface area (Å²) in [7, 11) is 3.59.